The van der Waals surface area contributed by atoms with Gasteiger partial charge in [0.15, 0.2) is 0 Å². The van der Waals surface area contributed by atoms with E-state index in [0.717, 1.165) is 16.3 Å². The minimum Gasteiger partial charge on any atom is -0.320 e. The predicted octanol–water partition coefficient (Wildman–Crippen LogP) is 5.04. The zero-order valence-corrected chi connectivity index (χ0v) is 13.4. The Morgan fingerprint density at radius 2 is 1.71 bits per heavy atom. The van der Waals surface area contributed by atoms with Gasteiger partial charge in [-0.1, -0.05) is 66.2 Å². The van der Waals surface area contributed by atoms with E-state index in [1.54, 1.807) is 30.3 Å². The number of hydrogen-bond acceptors (Lipinski definition) is 2. The molecule has 0 spiro atoms. The Bertz CT molecular complexity index is 981. The largest absolute Gasteiger partial charge is 0.320 e. The molecule has 0 heterocycles. The van der Waals surface area contributed by atoms with Gasteiger partial charge in [-0.3, -0.25) is 4.79 Å². The van der Waals surface area contributed by atoms with E-state index in [1.165, 1.54) is 0 Å². The van der Waals surface area contributed by atoms with Crippen molar-refractivity contribution in [2.24, 2.45) is 0 Å². The van der Waals surface area contributed by atoms with Crippen molar-refractivity contribution in [2.45, 2.75) is 0 Å². The van der Waals surface area contributed by atoms with Crippen molar-refractivity contribution in [1.29, 1.82) is 5.26 Å². The molecule has 116 valence electrons. The number of fused-ring (bicyclic) bond motifs is 1. The summed E-state index contributed by atoms with van der Waals surface area (Å²) in [5.41, 5.74) is 1.31. The summed E-state index contributed by atoms with van der Waals surface area (Å²) in [6, 6.07) is 22.5. The Morgan fingerprint density at radius 1 is 1.00 bits per heavy atom. The number of nitrogens with one attached hydrogen (secondary N) is 1. The Balaban J connectivity index is 1.96. The van der Waals surface area contributed by atoms with Gasteiger partial charge in [-0.2, -0.15) is 5.26 Å². The molecule has 0 unspecified atom stereocenters. The molecule has 4 heteroatoms. The summed E-state index contributed by atoms with van der Waals surface area (Å²) in [5.74, 6) is -0.487. The number of nitriles is 1. The van der Waals surface area contributed by atoms with Gasteiger partial charge in [-0.05, 0) is 34.5 Å². The highest BCUT2D eigenvalue weighted by Gasteiger charge is 2.11. The first-order valence-corrected chi connectivity index (χ1v) is 7.72. The molecule has 24 heavy (non-hydrogen) atoms. The quantitative estimate of drug-likeness (QED) is 0.539. The van der Waals surface area contributed by atoms with Crippen LogP contribution in [0.15, 0.2) is 72.3 Å². The van der Waals surface area contributed by atoms with Gasteiger partial charge >= 0.3 is 0 Å². The Labute approximate surface area is 144 Å². The first-order chi connectivity index (χ1) is 11.7. The highest BCUT2D eigenvalue weighted by Crippen LogP contribution is 2.23. The van der Waals surface area contributed by atoms with Gasteiger partial charge < -0.3 is 5.32 Å². The highest BCUT2D eigenvalue weighted by molar-refractivity contribution is 6.34. The van der Waals surface area contributed by atoms with Crippen LogP contribution in [0.1, 0.15) is 5.56 Å². The fourth-order valence-corrected chi connectivity index (χ4v) is 2.62. The maximum absolute atomic E-state index is 12.4. The summed E-state index contributed by atoms with van der Waals surface area (Å²) in [7, 11) is 0. The molecule has 0 aliphatic carbocycles. The van der Waals surface area contributed by atoms with Gasteiger partial charge in [-0.15, -0.1) is 0 Å². The predicted molar refractivity (Wildman–Crippen MR) is 97.6 cm³/mol. The Hall–Kier alpha value is -3.09. The van der Waals surface area contributed by atoms with E-state index in [0.29, 0.717) is 10.7 Å². The molecule has 0 atom stereocenters. The second kappa shape index (κ2) is 6.99. The molecule has 0 saturated carbocycles. The third kappa shape index (κ3) is 3.29. The zero-order chi connectivity index (χ0) is 16.9. The van der Waals surface area contributed by atoms with Crippen LogP contribution < -0.4 is 5.32 Å². The number of carbonyl (C=O) groups is 1. The van der Waals surface area contributed by atoms with Gasteiger partial charge in [0.1, 0.15) is 11.6 Å². The van der Waals surface area contributed by atoms with E-state index in [1.807, 2.05) is 48.5 Å². The fourth-order valence-electron chi connectivity index (χ4n) is 2.43. The van der Waals surface area contributed by atoms with E-state index >= 15 is 0 Å². The molecular weight excluding hydrogens is 320 g/mol. The molecule has 0 saturated heterocycles. The molecule has 3 aromatic rings. The number of hydrogen-bond donors (Lipinski definition) is 1. The maximum Gasteiger partial charge on any atom is 0.266 e. The smallest absolute Gasteiger partial charge is 0.266 e. The molecule has 1 N–H and O–H groups in total. The van der Waals surface area contributed by atoms with Crippen LogP contribution in [0, 0.1) is 11.3 Å². The van der Waals surface area contributed by atoms with Gasteiger partial charge in [0, 0.05) is 0 Å². The summed E-state index contributed by atoms with van der Waals surface area (Å²) in [6.07, 6.45) is 1.59. The van der Waals surface area contributed by atoms with E-state index in [2.05, 4.69) is 5.32 Å². The van der Waals surface area contributed by atoms with Crippen molar-refractivity contribution in [1.82, 2.24) is 0 Å². The summed E-state index contributed by atoms with van der Waals surface area (Å²) in [4.78, 5) is 12.4. The number of nitrogens with zero attached hydrogens (tertiary/aromatic N) is 1. The van der Waals surface area contributed by atoms with Crippen molar-refractivity contribution < 1.29 is 4.79 Å². The number of para-hydroxylation sites is 1. The van der Waals surface area contributed by atoms with E-state index < -0.39 is 5.91 Å². The number of anilines is 1. The molecule has 3 nitrogen and oxygen atoms in total. The lowest BCUT2D eigenvalue weighted by molar-refractivity contribution is -0.112. The maximum atomic E-state index is 12.4. The number of amides is 1. The normalized spacial score (nSPS) is 11.1. The van der Waals surface area contributed by atoms with E-state index in [-0.39, 0.29) is 5.57 Å². The SMILES string of the molecule is N#C/C(=C/c1cccc2ccccc12)C(=O)Nc1ccccc1Cl. The van der Waals surface area contributed by atoms with Crippen LogP contribution in [0.3, 0.4) is 0 Å². The van der Waals surface area contributed by atoms with Crippen LogP contribution in [0.5, 0.6) is 0 Å². The first-order valence-electron chi connectivity index (χ1n) is 7.34. The summed E-state index contributed by atoms with van der Waals surface area (Å²) in [6.45, 7) is 0. The third-order valence-corrected chi connectivity index (χ3v) is 3.94. The Kier molecular flexibility index (Phi) is 4.60. The molecule has 0 aliphatic heterocycles. The molecule has 3 aromatic carbocycles. The molecule has 0 bridgehead atoms. The average Bonchev–Trinajstić information content (AvgIpc) is 2.61. The van der Waals surface area contributed by atoms with Crippen LogP contribution in [-0.2, 0) is 4.79 Å². The van der Waals surface area contributed by atoms with Crippen LogP contribution in [0.25, 0.3) is 16.8 Å². The van der Waals surface area contributed by atoms with Crippen molar-refractivity contribution in [3.63, 3.8) is 0 Å². The van der Waals surface area contributed by atoms with E-state index in [4.69, 9.17) is 11.6 Å². The van der Waals surface area contributed by atoms with Crippen LogP contribution >= 0.6 is 11.6 Å². The fraction of sp³-hybridized carbons (Fsp3) is 0. The minimum absolute atomic E-state index is 0.0197. The molecule has 0 aromatic heterocycles. The monoisotopic (exact) mass is 332 g/mol. The molecule has 1 amide bonds. The van der Waals surface area contributed by atoms with Gasteiger partial charge in [0.2, 0.25) is 0 Å². The lowest BCUT2D eigenvalue weighted by Crippen LogP contribution is -2.13. The molecular formula is C20H13ClN2O. The van der Waals surface area contributed by atoms with Gasteiger partial charge in [0.05, 0.1) is 10.7 Å². The van der Waals surface area contributed by atoms with Crippen LogP contribution in [0.4, 0.5) is 5.69 Å². The number of carbonyl (C=O) groups excluding carboxylic acids is 1. The van der Waals surface area contributed by atoms with Gasteiger partial charge in [0.25, 0.3) is 5.91 Å². The number of benzene rings is 3. The average molecular weight is 333 g/mol. The van der Waals surface area contributed by atoms with Crippen molar-refractivity contribution in [3.05, 3.63) is 82.9 Å². The molecule has 3 rings (SSSR count). The van der Waals surface area contributed by atoms with Crippen molar-refractivity contribution >= 4 is 40.0 Å². The standard InChI is InChI=1S/C20H13ClN2O/c21-18-10-3-4-11-19(18)23-20(24)16(13-22)12-15-8-5-7-14-6-1-2-9-17(14)15/h1-12H,(H,23,24)/b16-12-. The Morgan fingerprint density at radius 3 is 2.50 bits per heavy atom. The molecule has 0 radical (unpaired) electrons. The molecule has 0 aliphatic rings. The highest BCUT2D eigenvalue weighted by atomic mass is 35.5. The lowest BCUT2D eigenvalue weighted by Gasteiger charge is -2.07. The number of rotatable bonds is 3. The van der Waals surface area contributed by atoms with Crippen LogP contribution in [0.2, 0.25) is 5.02 Å². The summed E-state index contributed by atoms with van der Waals surface area (Å²) in [5, 5.41) is 14.5. The first kappa shape index (κ1) is 15.8. The van der Waals surface area contributed by atoms with E-state index in [9.17, 15) is 10.1 Å². The minimum atomic E-state index is -0.487. The number of halogens is 1. The summed E-state index contributed by atoms with van der Waals surface area (Å²) < 4.78 is 0. The zero-order valence-electron chi connectivity index (χ0n) is 12.7. The van der Waals surface area contributed by atoms with Gasteiger partial charge in [-0.25, -0.2) is 0 Å². The third-order valence-electron chi connectivity index (χ3n) is 3.61. The summed E-state index contributed by atoms with van der Waals surface area (Å²) >= 11 is 6.04. The second-order valence-corrected chi connectivity index (χ2v) is 5.58. The molecule has 0 fully saturated rings. The van der Waals surface area contributed by atoms with Crippen molar-refractivity contribution in [3.8, 4) is 6.07 Å². The second-order valence-electron chi connectivity index (χ2n) is 5.17. The van der Waals surface area contributed by atoms with Crippen molar-refractivity contribution in [2.75, 3.05) is 5.32 Å². The topological polar surface area (TPSA) is 52.9 Å². The van der Waals surface area contributed by atoms with Crippen LogP contribution in [-0.4, -0.2) is 5.91 Å². The lowest BCUT2D eigenvalue weighted by atomic mass is 10.0.